The Bertz CT molecular complexity index is 494. The summed E-state index contributed by atoms with van der Waals surface area (Å²) in [7, 11) is 0. The Morgan fingerprint density at radius 3 is 2.78 bits per heavy atom. The van der Waals surface area contributed by atoms with Gasteiger partial charge in [0.25, 0.3) is 0 Å². The number of benzene rings is 1. The fraction of sp³-hybridized carbons (Fsp3) is 0.429. The standard InChI is InChI=1S/C14H19N3S/c1-4-7-15-14(13-9-16-17-18-13)12-6-5-10(2)8-11(12)3/h5-6,8-9,14-15H,4,7H2,1-3H3. The van der Waals surface area contributed by atoms with Gasteiger partial charge in [-0.05, 0) is 49.5 Å². The molecule has 1 heterocycles. The van der Waals surface area contributed by atoms with E-state index in [-0.39, 0.29) is 6.04 Å². The molecule has 1 unspecified atom stereocenters. The van der Waals surface area contributed by atoms with Gasteiger partial charge in [0.15, 0.2) is 0 Å². The van der Waals surface area contributed by atoms with Crippen LogP contribution in [0, 0.1) is 13.8 Å². The molecule has 0 fully saturated rings. The average molecular weight is 261 g/mol. The smallest absolute Gasteiger partial charge is 0.0706 e. The number of aryl methyl sites for hydroxylation is 2. The van der Waals surface area contributed by atoms with Crippen LogP contribution in [-0.2, 0) is 0 Å². The normalized spacial score (nSPS) is 12.6. The zero-order chi connectivity index (χ0) is 13.0. The van der Waals surface area contributed by atoms with E-state index in [1.54, 1.807) is 0 Å². The molecule has 2 rings (SSSR count). The second kappa shape index (κ2) is 6.07. The highest BCUT2D eigenvalue weighted by molar-refractivity contribution is 7.05. The molecule has 0 spiro atoms. The van der Waals surface area contributed by atoms with Gasteiger partial charge in [0, 0.05) is 0 Å². The lowest BCUT2D eigenvalue weighted by molar-refractivity contribution is 0.602. The SMILES string of the molecule is CCCNC(c1cnns1)c1ccc(C)cc1C. The molecule has 1 aromatic carbocycles. The molecule has 0 aliphatic rings. The molecule has 0 radical (unpaired) electrons. The molecule has 0 saturated heterocycles. The molecule has 0 aliphatic heterocycles. The maximum Gasteiger partial charge on any atom is 0.0706 e. The van der Waals surface area contributed by atoms with Crippen molar-refractivity contribution in [3.63, 3.8) is 0 Å². The predicted octanol–water partition coefficient (Wildman–Crippen LogP) is 3.24. The molecule has 0 amide bonds. The average Bonchev–Trinajstić information content (AvgIpc) is 2.85. The van der Waals surface area contributed by atoms with Crippen LogP contribution in [0.3, 0.4) is 0 Å². The maximum atomic E-state index is 3.98. The molecule has 0 saturated carbocycles. The Hall–Kier alpha value is -1.26. The molecule has 3 nitrogen and oxygen atoms in total. The highest BCUT2D eigenvalue weighted by Gasteiger charge is 2.17. The van der Waals surface area contributed by atoms with Gasteiger partial charge in [0.1, 0.15) is 0 Å². The van der Waals surface area contributed by atoms with Crippen LogP contribution >= 0.6 is 11.5 Å². The molecule has 1 atom stereocenters. The Balaban J connectivity index is 2.33. The highest BCUT2D eigenvalue weighted by atomic mass is 32.1. The molecule has 0 aliphatic carbocycles. The zero-order valence-corrected chi connectivity index (χ0v) is 11.9. The summed E-state index contributed by atoms with van der Waals surface area (Å²) in [6.45, 7) is 7.46. The van der Waals surface area contributed by atoms with Crippen LogP contribution in [0.2, 0.25) is 0 Å². The van der Waals surface area contributed by atoms with Crippen molar-refractivity contribution in [1.82, 2.24) is 14.9 Å². The molecule has 4 heteroatoms. The zero-order valence-electron chi connectivity index (χ0n) is 11.1. The minimum Gasteiger partial charge on any atom is -0.305 e. The van der Waals surface area contributed by atoms with E-state index < -0.39 is 0 Å². The molecular weight excluding hydrogens is 242 g/mol. The largest absolute Gasteiger partial charge is 0.305 e. The summed E-state index contributed by atoms with van der Waals surface area (Å²) in [4.78, 5) is 1.18. The van der Waals surface area contributed by atoms with Gasteiger partial charge in [0.2, 0.25) is 0 Å². The number of nitrogens with one attached hydrogen (secondary N) is 1. The Labute approximate surface area is 112 Å². The second-order valence-corrected chi connectivity index (χ2v) is 5.38. The lowest BCUT2D eigenvalue weighted by Crippen LogP contribution is -2.23. The first-order valence-electron chi connectivity index (χ1n) is 6.30. The van der Waals surface area contributed by atoms with E-state index in [1.165, 1.54) is 33.1 Å². The topological polar surface area (TPSA) is 37.8 Å². The van der Waals surface area contributed by atoms with Crippen molar-refractivity contribution >= 4 is 11.5 Å². The van der Waals surface area contributed by atoms with Gasteiger partial charge in [-0.3, -0.25) is 0 Å². The van der Waals surface area contributed by atoms with E-state index in [1.807, 2.05) is 6.20 Å². The first kappa shape index (κ1) is 13.2. The van der Waals surface area contributed by atoms with Crippen molar-refractivity contribution in [3.8, 4) is 0 Å². The monoisotopic (exact) mass is 261 g/mol. The lowest BCUT2D eigenvalue weighted by Gasteiger charge is -2.19. The summed E-state index contributed by atoms with van der Waals surface area (Å²) < 4.78 is 3.98. The van der Waals surface area contributed by atoms with Gasteiger partial charge in [-0.25, -0.2) is 0 Å². The first-order chi connectivity index (χ1) is 8.72. The second-order valence-electron chi connectivity index (χ2n) is 4.57. The number of aromatic nitrogens is 2. The molecular formula is C14H19N3S. The third kappa shape index (κ3) is 2.94. The van der Waals surface area contributed by atoms with E-state index in [0.29, 0.717) is 0 Å². The Morgan fingerprint density at radius 1 is 1.33 bits per heavy atom. The van der Waals surface area contributed by atoms with Crippen LogP contribution in [0.25, 0.3) is 0 Å². The van der Waals surface area contributed by atoms with Crippen molar-refractivity contribution in [2.75, 3.05) is 6.54 Å². The van der Waals surface area contributed by atoms with Crippen molar-refractivity contribution in [1.29, 1.82) is 0 Å². The molecule has 1 N–H and O–H groups in total. The number of hydrogen-bond donors (Lipinski definition) is 1. The quantitative estimate of drug-likeness (QED) is 0.898. The third-order valence-corrected chi connectivity index (χ3v) is 3.73. The summed E-state index contributed by atoms with van der Waals surface area (Å²) in [5.74, 6) is 0. The van der Waals surface area contributed by atoms with Gasteiger partial charge >= 0.3 is 0 Å². The summed E-state index contributed by atoms with van der Waals surface area (Å²) in [5.41, 5.74) is 3.94. The van der Waals surface area contributed by atoms with Gasteiger partial charge in [-0.2, -0.15) is 0 Å². The number of nitrogens with zero attached hydrogens (tertiary/aromatic N) is 2. The van der Waals surface area contributed by atoms with Crippen molar-refractivity contribution in [3.05, 3.63) is 46.0 Å². The Kier molecular flexibility index (Phi) is 4.44. The molecule has 1 aromatic heterocycles. The van der Waals surface area contributed by atoms with Crippen LogP contribution in [0.4, 0.5) is 0 Å². The van der Waals surface area contributed by atoms with Gasteiger partial charge < -0.3 is 5.32 Å². The van der Waals surface area contributed by atoms with Crippen LogP contribution in [0.15, 0.2) is 24.4 Å². The molecule has 0 bridgehead atoms. The summed E-state index contributed by atoms with van der Waals surface area (Å²) in [5, 5.41) is 7.53. The molecule has 96 valence electrons. The minimum absolute atomic E-state index is 0.213. The molecule has 18 heavy (non-hydrogen) atoms. The predicted molar refractivity (Wildman–Crippen MR) is 76.0 cm³/mol. The van der Waals surface area contributed by atoms with Crippen LogP contribution in [0.1, 0.15) is 41.0 Å². The van der Waals surface area contributed by atoms with Crippen LogP contribution < -0.4 is 5.32 Å². The number of hydrogen-bond acceptors (Lipinski definition) is 4. The van der Waals surface area contributed by atoms with E-state index >= 15 is 0 Å². The Morgan fingerprint density at radius 2 is 2.17 bits per heavy atom. The van der Waals surface area contributed by atoms with E-state index in [2.05, 4.69) is 53.9 Å². The van der Waals surface area contributed by atoms with Gasteiger partial charge in [-0.1, -0.05) is 35.2 Å². The van der Waals surface area contributed by atoms with Crippen molar-refractivity contribution in [2.45, 2.75) is 33.2 Å². The fourth-order valence-corrected chi connectivity index (χ4v) is 2.70. The van der Waals surface area contributed by atoms with Crippen molar-refractivity contribution in [2.24, 2.45) is 0 Å². The van der Waals surface area contributed by atoms with E-state index in [9.17, 15) is 0 Å². The maximum absolute atomic E-state index is 3.98. The van der Waals surface area contributed by atoms with Gasteiger partial charge in [0.05, 0.1) is 17.1 Å². The summed E-state index contributed by atoms with van der Waals surface area (Å²) in [6.07, 6.45) is 2.98. The van der Waals surface area contributed by atoms with Crippen LogP contribution in [0.5, 0.6) is 0 Å². The first-order valence-corrected chi connectivity index (χ1v) is 7.07. The third-order valence-electron chi connectivity index (χ3n) is 3.00. The van der Waals surface area contributed by atoms with E-state index in [0.717, 1.165) is 13.0 Å². The highest BCUT2D eigenvalue weighted by Crippen LogP contribution is 2.27. The van der Waals surface area contributed by atoms with Crippen LogP contribution in [-0.4, -0.2) is 16.1 Å². The molecule has 2 aromatic rings. The van der Waals surface area contributed by atoms with Crippen molar-refractivity contribution < 1.29 is 0 Å². The summed E-state index contributed by atoms with van der Waals surface area (Å²) >= 11 is 1.47. The fourth-order valence-electron chi connectivity index (χ4n) is 2.10. The lowest BCUT2D eigenvalue weighted by atomic mass is 9.98. The van der Waals surface area contributed by atoms with E-state index in [4.69, 9.17) is 0 Å². The summed E-state index contributed by atoms with van der Waals surface area (Å²) in [6, 6.07) is 6.81. The number of rotatable bonds is 5. The minimum atomic E-state index is 0.213. The van der Waals surface area contributed by atoms with Gasteiger partial charge in [-0.15, -0.1) is 5.10 Å².